The first kappa shape index (κ1) is 14.4. The Morgan fingerprint density at radius 2 is 1.85 bits per heavy atom. The summed E-state index contributed by atoms with van der Waals surface area (Å²) in [7, 11) is -2.90. The molecule has 2 nitrogen and oxygen atoms in total. The minimum Gasteiger partial charge on any atom is -0.229 e. The molecular weight excluding hydrogens is 360 g/mol. The van der Waals surface area contributed by atoms with Gasteiger partial charge in [0.05, 0.1) is 16.9 Å². The lowest BCUT2D eigenvalue weighted by molar-refractivity contribution is 0.570. The van der Waals surface area contributed by atoms with Crippen LogP contribution in [-0.4, -0.2) is 19.9 Å². The Hall–Kier alpha value is -0.580. The van der Waals surface area contributed by atoms with Crippen molar-refractivity contribution in [2.24, 2.45) is 5.92 Å². The van der Waals surface area contributed by atoms with Gasteiger partial charge in [0.2, 0.25) is 0 Å². The van der Waals surface area contributed by atoms with E-state index < -0.39 is 9.84 Å². The van der Waals surface area contributed by atoms with Gasteiger partial charge in [-0.1, -0.05) is 46.3 Å². The Morgan fingerprint density at radius 3 is 2.50 bits per heavy atom. The fourth-order valence-electron chi connectivity index (χ4n) is 2.83. The lowest BCUT2D eigenvalue weighted by Gasteiger charge is -2.18. The lowest BCUT2D eigenvalue weighted by Crippen LogP contribution is -2.10. The third kappa shape index (κ3) is 2.61. The van der Waals surface area contributed by atoms with E-state index in [0.717, 1.165) is 20.8 Å². The molecule has 2 aromatic carbocycles. The molecule has 1 aliphatic heterocycles. The van der Waals surface area contributed by atoms with Gasteiger partial charge in [0.1, 0.15) is 0 Å². The number of alkyl halides is 1. The maximum absolute atomic E-state index is 11.6. The smallest absolute Gasteiger partial charge is 0.150 e. The highest BCUT2D eigenvalue weighted by Crippen LogP contribution is 2.40. The van der Waals surface area contributed by atoms with Crippen molar-refractivity contribution >= 4 is 48.1 Å². The molecule has 0 bridgehead atoms. The second-order valence-corrected chi connectivity index (χ2v) is 8.80. The number of sulfone groups is 1. The van der Waals surface area contributed by atoms with Gasteiger partial charge in [-0.05, 0) is 34.7 Å². The normalized spacial score (nSPS) is 23.0. The largest absolute Gasteiger partial charge is 0.229 e. The van der Waals surface area contributed by atoms with Gasteiger partial charge in [0.25, 0.3) is 0 Å². The summed E-state index contributed by atoms with van der Waals surface area (Å²) in [4.78, 5) is 0. The van der Waals surface area contributed by atoms with Crippen molar-refractivity contribution in [3.8, 4) is 0 Å². The van der Waals surface area contributed by atoms with Gasteiger partial charge in [0.15, 0.2) is 9.84 Å². The summed E-state index contributed by atoms with van der Waals surface area (Å²) in [5.74, 6) is 0.465. The molecule has 2 aromatic rings. The topological polar surface area (TPSA) is 34.1 Å². The summed E-state index contributed by atoms with van der Waals surface area (Å²) in [5, 5.41) is 1.94. The first-order valence-corrected chi connectivity index (χ1v) is 9.55. The maximum Gasteiger partial charge on any atom is 0.150 e. The van der Waals surface area contributed by atoms with Crippen LogP contribution in [0.4, 0.5) is 0 Å². The zero-order chi connectivity index (χ0) is 14.3. The molecule has 1 heterocycles. The van der Waals surface area contributed by atoms with Crippen LogP contribution in [0.2, 0.25) is 0 Å². The van der Waals surface area contributed by atoms with E-state index >= 15 is 0 Å². The van der Waals surface area contributed by atoms with Gasteiger partial charge in [-0.15, -0.1) is 11.6 Å². The minimum atomic E-state index is -2.90. The van der Waals surface area contributed by atoms with Crippen molar-refractivity contribution in [2.75, 3.05) is 11.5 Å². The van der Waals surface area contributed by atoms with Crippen molar-refractivity contribution < 1.29 is 8.42 Å². The summed E-state index contributed by atoms with van der Waals surface area (Å²) >= 11 is 10.1. The van der Waals surface area contributed by atoms with Crippen LogP contribution >= 0.6 is 27.5 Å². The molecular formula is C15H14BrClO2S. The van der Waals surface area contributed by atoms with E-state index in [2.05, 4.69) is 15.9 Å². The monoisotopic (exact) mass is 372 g/mol. The fourth-order valence-corrected chi connectivity index (χ4v) is 5.66. The molecule has 0 spiro atoms. The number of rotatable bonds is 2. The molecule has 0 aromatic heterocycles. The van der Waals surface area contributed by atoms with Crippen LogP contribution < -0.4 is 0 Å². The van der Waals surface area contributed by atoms with E-state index in [9.17, 15) is 8.42 Å². The third-order valence-corrected chi connectivity index (χ3v) is 6.96. The highest BCUT2D eigenvalue weighted by atomic mass is 79.9. The molecule has 2 atom stereocenters. The van der Waals surface area contributed by atoms with Gasteiger partial charge in [-0.25, -0.2) is 8.42 Å². The predicted octanol–water partition coefficient (Wildman–Crippen LogP) is 4.32. The summed E-state index contributed by atoms with van der Waals surface area (Å²) in [6.45, 7) is 0. The highest BCUT2D eigenvalue weighted by molar-refractivity contribution is 9.10. The molecule has 1 saturated heterocycles. The predicted molar refractivity (Wildman–Crippen MR) is 87.0 cm³/mol. The zero-order valence-electron chi connectivity index (χ0n) is 10.7. The van der Waals surface area contributed by atoms with Gasteiger partial charge >= 0.3 is 0 Å². The average Bonchev–Trinajstić information content (AvgIpc) is 2.79. The highest BCUT2D eigenvalue weighted by Gasteiger charge is 2.34. The van der Waals surface area contributed by atoms with E-state index in [4.69, 9.17) is 11.6 Å². The van der Waals surface area contributed by atoms with E-state index in [1.54, 1.807) is 0 Å². The van der Waals surface area contributed by atoms with Crippen LogP contribution in [0.15, 0.2) is 40.9 Å². The zero-order valence-corrected chi connectivity index (χ0v) is 13.9. The van der Waals surface area contributed by atoms with Crippen LogP contribution in [0.25, 0.3) is 10.8 Å². The van der Waals surface area contributed by atoms with Gasteiger partial charge in [0, 0.05) is 4.47 Å². The summed E-state index contributed by atoms with van der Waals surface area (Å²) < 4.78 is 24.3. The summed E-state index contributed by atoms with van der Waals surface area (Å²) in [6.07, 6.45) is 0.654. The standard InChI is InChI=1S/C15H14BrClO2S/c16-14-6-5-13(11-3-1-2-4-12(11)14)15(17)10-7-8-20(18,19)9-10/h1-6,10,15H,7-9H2. The Morgan fingerprint density at radius 1 is 1.15 bits per heavy atom. The molecule has 0 aliphatic carbocycles. The van der Waals surface area contributed by atoms with Crippen LogP contribution in [0.5, 0.6) is 0 Å². The van der Waals surface area contributed by atoms with E-state index in [-0.39, 0.29) is 22.8 Å². The van der Waals surface area contributed by atoms with E-state index in [0.29, 0.717) is 6.42 Å². The molecule has 20 heavy (non-hydrogen) atoms. The fraction of sp³-hybridized carbons (Fsp3) is 0.333. The number of hydrogen-bond donors (Lipinski definition) is 0. The average molecular weight is 374 g/mol. The Balaban J connectivity index is 2.04. The van der Waals surface area contributed by atoms with E-state index in [1.165, 1.54) is 0 Å². The van der Waals surface area contributed by atoms with Crippen LogP contribution in [0, 0.1) is 5.92 Å². The van der Waals surface area contributed by atoms with Crippen molar-refractivity contribution in [3.05, 3.63) is 46.4 Å². The first-order valence-electron chi connectivity index (χ1n) is 6.49. The SMILES string of the molecule is O=S1(=O)CCC(C(Cl)c2ccc(Br)c3ccccc23)C1. The number of fused-ring (bicyclic) bond motifs is 1. The molecule has 1 fully saturated rings. The minimum absolute atomic E-state index is 0.00579. The van der Waals surface area contributed by atoms with Crippen molar-refractivity contribution in [1.82, 2.24) is 0 Å². The molecule has 1 aliphatic rings. The molecule has 0 radical (unpaired) electrons. The first-order chi connectivity index (χ1) is 9.48. The number of halogens is 2. The molecule has 106 valence electrons. The van der Waals surface area contributed by atoms with Crippen molar-refractivity contribution in [3.63, 3.8) is 0 Å². The number of hydrogen-bond acceptors (Lipinski definition) is 2. The second-order valence-electron chi connectivity index (χ2n) is 5.25. The lowest BCUT2D eigenvalue weighted by atomic mass is 9.94. The van der Waals surface area contributed by atoms with Crippen molar-refractivity contribution in [1.29, 1.82) is 0 Å². The maximum atomic E-state index is 11.6. The molecule has 5 heteroatoms. The summed E-state index contributed by atoms with van der Waals surface area (Å²) in [6, 6.07) is 12.0. The van der Waals surface area contributed by atoms with Crippen LogP contribution in [0.1, 0.15) is 17.4 Å². The Bertz CT molecular complexity index is 758. The van der Waals surface area contributed by atoms with Gasteiger partial charge < -0.3 is 0 Å². The van der Waals surface area contributed by atoms with Crippen LogP contribution in [-0.2, 0) is 9.84 Å². The second kappa shape index (κ2) is 5.32. The van der Waals surface area contributed by atoms with Gasteiger partial charge in [-0.3, -0.25) is 0 Å². The van der Waals surface area contributed by atoms with Crippen molar-refractivity contribution in [2.45, 2.75) is 11.8 Å². The van der Waals surface area contributed by atoms with E-state index in [1.807, 2.05) is 36.4 Å². The molecule has 0 amide bonds. The van der Waals surface area contributed by atoms with Gasteiger partial charge in [-0.2, -0.15) is 0 Å². The Kier molecular flexibility index (Phi) is 3.82. The number of benzene rings is 2. The molecule has 0 saturated carbocycles. The molecule has 3 rings (SSSR count). The van der Waals surface area contributed by atoms with Crippen LogP contribution in [0.3, 0.4) is 0 Å². The molecule has 0 N–H and O–H groups in total. The molecule has 2 unspecified atom stereocenters. The quantitative estimate of drug-likeness (QED) is 0.735. The summed E-state index contributed by atoms with van der Waals surface area (Å²) in [5.41, 5.74) is 1.02. The third-order valence-electron chi connectivity index (χ3n) is 3.88. The Labute approximate surface area is 132 Å².